The number of carbonyl (C=O) groups excluding carboxylic acids is 1. The average Bonchev–Trinajstić information content (AvgIpc) is 2.77. The minimum Gasteiger partial charge on any atom is -0.388 e. The van der Waals surface area contributed by atoms with Crippen molar-refractivity contribution in [3.63, 3.8) is 0 Å². The minimum atomic E-state index is -0.606. The van der Waals surface area contributed by atoms with E-state index in [0.29, 0.717) is 13.0 Å². The molecular formula is C15H30N2O3. The molecule has 5 heteroatoms. The number of nitrogens with zero attached hydrogens (tertiary/aromatic N) is 1. The second kappa shape index (κ2) is 9.32. The Hall–Kier alpha value is -0.650. The maximum atomic E-state index is 11.8. The smallest absolute Gasteiger partial charge is 0.220 e. The van der Waals surface area contributed by atoms with Crippen LogP contribution in [0.25, 0.3) is 0 Å². The summed E-state index contributed by atoms with van der Waals surface area (Å²) in [5.41, 5.74) is 0. The highest BCUT2D eigenvalue weighted by Gasteiger charge is 2.37. The summed E-state index contributed by atoms with van der Waals surface area (Å²) < 4.78 is 5.63. The lowest BCUT2D eigenvalue weighted by Gasteiger charge is -2.24. The van der Waals surface area contributed by atoms with Gasteiger partial charge < -0.3 is 20.1 Å². The van der Waals surface area contributed by atoms with Gasteiger partial charge in [0, 0.05) is 13.0 Å². The predicted octanol–water partition coefficient (Wildman–Crippen LogP) is 1.15. The molecule has 1 amide bonds. The van der Waals surface area contributed by atoms with Gasteiger partial charge in [-0.3, -0.25) is 4.79 Å². The van der Waals surface area contributed by atoms with Crippen molar-refractivity contribution in [3.05, 3.63) is 0 Å². The molecule has 1 aliphatic heterocycles. The molecule has 1 aliphatic rings. The molecule has 3 atom stereocenters. The Balaban J connectivity index is 2.33. The quantitative estimate of drug-likeness (QED) is 0.624. The van der Waals surface area contributed by atoms with Crippen LogP contribution in [0.15, 0.2) is 0 Å². The Labute approximate surface area is 122 Å². The number of rotatable bonds is 9. The first kappa shape index (κ1) is 17.4. The standard InChI is InChI=1S/C15H30N2O3/c1-4-7-8-9-14(18)16-12-11-20-13(15(12)19)10-17(5-2)6-3/h12-13,15,19H,4-11H2,1-3H3,(H,16,18)/t12-,13+,15-/m1/s1. The van der Waals surface area contributed by atoms with E-state index in [0.717, 1.165) is 38.9 Å². The number of aliphatic hydroxyl groups excluding tert-OH is 1. The monoisotopic (exact) mass is 286 g/mol. The Morgan fingerprint density at radius 1 is 1.30 bits per heavy atom. The fraction of sp³-hybridized carbons (Fsp3) is 0.933. The molecular weight excluding hydrogens is 256 g/mol. The molecule has 0 aromatic rings. The third kappa shape index (κ3) is 5.38. The van der Waals surface area contributed by atoms with Gasteiger partial charge in [0.1, 0.15) is 6.10 Å². The van der Waals surface area contributed by atoms with E-state index in [1.165, 1.54) is 0 Å². The van der Waals surface area contributed by atoms with Crippen LogP contribution in [0.3, 0.4) is 0 Å². The molecule has 1 fully saturated rings. The van der Waals surface area contributed by atoms with Crippen LogP contribution in [0.5, 0.6) is 0 Å². The lowest BCUT2D eigenvalue weighted by molar-refractivity contribution is -0.122. The van der Waals surface area contributed by atoms with Crippen molar-refractivity contribution in [3.8, 4) is 0 Å². The fourth-order valence-electron chi connectivity index (χ4n) is 2.52. The number of ether oxygens (including phenoxy) is 1. The molecule has 0 radical (unpaired) electrons. The topological polar surface area (TPSA) is 61.8 Å². The third-order valence-corrected chi connectivity index (χ3v) is 3.97. The zero-order valence-corrected chi connectivity index (χ0v) is 13.1. The van der Waals surface area contributed by atoms with Crippen molar-refractivity contribution < 1.29 is 14.6 Å². The number of hydrogen-bond donors (Lipinski definition) is 2. The molecule has 0 unspecified atom stereocenters. The van der Waals surface area contributed by atoms with Crippen molar-refractivity contribution in [2.45, 2.75) is 64.7 Å². The van der Waals surface area contributed by atoms with Crippen molar-refractivity contribution in [2.75, 3.05) is 26.2 Å². The molecule has 0 aromatic heterocycles. The van der Waals surface area contributed by atoms with Crippen LogP contribution >= 0.6 is 0 Å². The zero-order chi connectivity index (χ0) is 15.0. The third-order valence-electron chi connectivity index (χ3n) is 3.97. The summed E-state index contributed by atoms with van der Waals surface area (Å²) in [7, 11) is 0. The Morgan fingerprint density at radius 3 is 2.60 bits per heavy atom. The molecule has 20 heavy (non-hydrogen) atoms. The lowest BCUT2D eigenvalue weighted by atomic mass is 10.1. The summed E-state index contributed by atoms with van der Waals surface area (Å²) in [4.78, 5) is 14.0. The van der Waals surface area contributed by atoms with Crippen LogP contribution in [0, 0.1) is 0 Å². The van der Waals surface area contributed by atoms with Gasteiger partial charge >= 0.3 is 0 Å². The van der Waals surface area contributed by atoms with E-state index in [1.807, 2.05) is 0 Å². The second-order valence-electron chi connectivity index (χ2n) is 5.48. The molecule has 0 saturated carbocycles. The number of nitrogens with one attached hydrogen (secondary N) is 1. The number of carbonyl (C=O) groups is 1. The highest BCUT2D eigenvalue weighted by atomic mass is 16.5. The summed E-state index contributed by atoms with van der Waals surface area (Å²) in [6.45, 7) is 9.32. The number of aliphatic hydroxyl groups is 1. The summed E-state index contributed by atoms with van der Waals surface area (Å²) in [6, 6.07) is -0.260. The first-order valence-corrected chi connectivity index (χ1v) is 7.93. The Bertz CT molecular complexity index is 282. The van der Waals surface area contributed by atoms with Gasteiger partial charge in [-0.2, -0.15) is 0 Å². The van der Waals surface area contributed by atoms with Crippen LogP contribution in [0.4, 0.5) is 0 Å². The van der Waals surface area contributed by atoms with Crippen molar-refractivity contribution in [2.24, 2.45) is 0 Å². The number of hydrogen-bond acceptors (Lipinski definition) is 4. The van der Waals surface area contributed by atoms with E-state index >= 15 is 0 Å². The van der Waals surface area contributed by atoms with E-state index in [-0.39, 0.29) is 18.1 Å². The summed E-state index contributed by atoms with van der Waals surface area (Å²) in [5.74, 6) is 0.0228. The SMILES string of the molecule is CCCCCC(=O)N[C@@H]1CO[C@@H](CN(CC)CC)[C@@H]1O. The molecule has 5 nitrogen and oxygen atoms in total. The van der Waals surface area contributed by atoms with Crippen LogP contribution in [0.1, 0.15) is 46.5 Å². The highest BCUT2D eigenvalue weighted by molar-refractivity contribution is 5.76. The van der Waals surface area contributed by atoms with Crippen molar-refractivity contribution >= 4 is 5.91 Å². The molecule has 118 valence electrons. The van der Waals surface area contributed by atoms with Gasteiger partial charge in [0.15, 0.2) is 0 Å². The van der Waals surface area contributed by atoms with Gasteiger partial charge in [-0.1, -0.05) is 33.6 Å². The summed E-state index contributed by atoms with van der Waals surface area (Å²) in [5, 5.41) is 13.1. The summed E-state index contributed by atoms with van der Waals surface area (Å²) >= 11 is 0. The van der Waals surface area contributed by atoms with Gasteiger partial charge in [-0.25, -0.2) is 0 Å². The first-order valence-electron chi connectivity index (χ1n) is 7.93. The predicted molar refractivity (Wildman–Crippen MR) is 79.6 cm³/mol. The molecule has 1 saturated heterocycles. The van der Waals surface area contributed by atoms with Crippen molar-refractivity contribution in [1.82, 2.24) is 10.2 Å². The maximum Gasteiger partial charge on any atom is 0.220 e. The lowest BCUT2D eigenvalue weighted by Crippen LogP contribution is -2.46. The minimum absolute atomic E-state index is 0.0228. The number of amides is 1. The first-order chi connectivity index (χ1) is 9.62. The second-order valence-corrected chi connectivity index (χ2v) is 5.48. The zero-order valence-electron chi connectivity index (χ0n) is 13.1. The Morgan fingerprint density at radius 2 is 2.00 bits per heavy atom. The van der Waals surface area contributed by atoms with Gasteiger partial charge in [-0.15, -0.1) is 0 Å². The van der Waals surface area contributed by atoms with E-state index in [2.05, 4.69) is 31.0 Å². The number of likely N-dealkylation sites (N-methyl/N-ethyl adjacent to an activating group) is 1. The molecule has 2 N–H and O–H groups in total. The van der Waals surface area contributed by atoms with Gasteiger partial charge in [-0.05, 0) is 19.5 Å². The van der Waals surface area contributed by atoms with Crippen LogP contribution < -0.4 is 5.32 Å². The van der Waals surface area contributed by atoms with E-state index in [9.17, 15) is 9.90 Å². The van der Waals surface area contributed by atoms with Gasteiger partial charge in [0.2, 0.25) is 5.91 Å². The molecule has 0 spiro atoms. The maximum absolute atomic E-state index is 11.8. The van der Waals surface area contributed by atoms with Gasteiger partial charge in [0.25, 0.3) is 0 Å². The van der Waals surface area contributed by atoms with Gasteiger partial charge in [0.05, 0.1) is 18.8 Å². The highest BCUT2D eigenvalue weighted by Crippen LogP contribution is 2.16. The molecule has 0 aliphatic carbocycles. The Kier molecular flexibility index (Phi) is 8.11. The van der Waals surface area contributed by atoms with Crippen LogP contribution in [0.2, 0.25) is 0 Å². The normalized spacial score (nSPS) is 26.1. The molecule has 0 aromatic carbocycles. The van der Waals surface area contributed by atoms with E-state index < -0.39 is 6.10 Å². The van der Waals surface area contributed by atoms with Crippen LogP contribution in [-0.4, -0.2) is 60.4 Å². The number of unbranched alkanes of at least 4 members (excludes halogenated alkanes) is 2. The molecule has 1 heterocycles. The van der Waals surface area contributed by atoms with E-state index in [1.54, 1.807) is 0 Å². The van der Waals surface area contributed by atoms with Crippen molar-refractivity contribution in [1.29, 1.82) is 0 Å². The molecule has 0 bridgehead atoms. The largest absolute Gasteiger partial charge is 0.388 e. The molecule has 1 rings (SSSR count). The van der Waals surface area contributed by atoms with Crippen LogP contribution in [-0.2, 0) is 9.53 Å². The average molecular weight is 286 g/mol. The summed E-state index contributed by atoms with van der Waals surface area (Å²) in [6.07, 6.45) is 2.82. The van der Waals surface area contributed by atoms with E-state index in [4.69, 9.17) is 4.74 Å². The fourth-order valence-corrected chi connectivity index (χ4v) is 2.52.